The van der Waals surface area contributed by atoms with Gasteiger partial charge in [0.05, 0.1) is 12.5 Å². The first-order chi connectivity index (χ1) is 12.9. The standard InChI is InChI=1S/C20H25F2N3O2/c21-20(22)8-6-16(20)24-18(27)15-5-3-7-19(15)9-11-25(13-19)17(26)12-14-4-1-2-10-23-14/h1-2,4,10,15-16H,3,5-9,11-13H2,(H,24,27)/t15-,16+,19-/m0/s1. The molecule has 2 amide bonds. The van der Waals surface area contributed by atoms with Gasteiger partial charge in [-0.2, -0.15) is 0 Å². The van der Waals surface area contributed by atoms with Crippen molar-refractivity contribution < 1.29 is 18.4 Å². The van der Waals surface area contributed by atoms with Crippen LogP contribution < -0.4 is 5.32 Å². The first-order valence-corrected chi connectivity index (χ1v) is 9.76. The van der Waals surface area contributed by atoms with Gasteiger partial charge in [-0.05, 0) is 37.8 Å². The fraction of sp³-hybridized carbons (Fsp3) is 0.650. The van der Waals surface area contributed by atoms with Gasteiger partial charge >= 0.3 is 0 Å². The molecule has 3 fully saturated rings. The maximum atomic E-state index is 13.5. The van der Waals surface area contributed by atoms with Gasteiger partial charge in [0.25, 0.3) is 5.92 Å². The summed E-state index contributed by atoms with van der Waals surface area (Å²) in [7, 11) is 0. The fourth-order valence-electron chi connectivity index (χ4n) is 4.87. The van der Waals surface area contributed by atoms with Crippen LogP contribution in [0.25, 0.3) is 0 Å². The average Bonchev–Trinajstić information content (AvgIpc) is 3.27. The normalized spacial score (nSPS) is 31.7. The van der Waals surface area contributed by atoms with Crippen molar-refractivity contribution in [2.45, 2.75) is 56.9 Å². The van der Waals surface area contributed by atoms with Crippen LogP contribution in [0.15, 0.2) is 24.4 Å². The van der Waals surface area contributed by atoms with Crippen LogP contribution in [0.2, 0.25) is 0 Å². The molecule has 1 aromatic rings. The zero-order chi connectivity index (χ0) is 19.1. The summed E-state index contributed by atoms with van der Waals surface area (Å²) in [5.74, 6) is -3.29. The molecule has 1 spiro atoms. The number of halogens is 2. The molecule has 0 unspecified atom stereocenters. The molecule has 1 aliphatic heterocycles. The zero-order valence-electron chi connectivity index (χ0n) is 15.3. The first-order valence-electron chi connectivity index (χ1n) is 9.76. The van der Waals surface area contributed by atoms with Crippen molar-refractivity contribution in [2.75, 3.05) is 13.1 Å². The number of aromatic nitrogens is 1. The highest BCUT2D eigenvalue weighted by Crippen LogP contribution is 2.50. The zero-order valence-corrected chi connectivity index (χ0v) is 15.3. The van der Waals surface area contributed by atoms with E-state index in [1.165, 1.54) is 0 Å². The van der Waals surface area contributed by atoms with E-state index in [-0.39, 0.29) is 36.0 Å². The van der Waals surface area contributed by atoms with Crippen molar-refractivity contribution in [3.05, 3.63) is 30.1 Å². The second-order valence-electron chi connectivity index (χ2n) is 8.23. The molecule has 4 rings (SSSR count). The Morgan fingerprint density at radius 3 is 2.74 bits per heavy atom. The number of pyridine rings is 1. The number of likely N-dealkylation sites (tertiary alicyclic amines) is 1. The Morgan fingerprint density at radius 1 is 1.22 bits per heavy atom. The van der Waals surface area contributed by atoms with Crippen LogP contribution in [-0.2, 0) is 16.0 Å². The summed E-state index contributed by atoms with van der Waals surface area (Å²) >= 11 is 0. The molecule has 1 saturated heterocycles. The molecule has 146 valence electrons. The topological polar surface area (TPSA) is 62.3 Å². The van der Waals surface area contributed by atoms with E-state index in [1.807, 2.05) is 23.1 Å². The molecule has 0 aromatic carbocycles. The minimum absolute atomic E-state index is 0.0159. The molecular formula is C20H25F2N3O2. The Labute approximate surface area is 157 Å². The second-order valence-corrected chi connectivity index (χ2v) is 8.23. The van der Waals surface area contributed by atoms with Crippen molar-refractivity contribution >= 4 is 11.8 Å². The quantitative estimate of drug-likeness (QED) is 0.877. The van der Waals surface area contributed by atoms with Crippen LogP contribution >= 0.6 is 0 Å². The van der Waals surface area contributed by atoms with E-state index in [9.17, 15) is 18.4 Å². The van der Waals surface area contributed by atoms with E-state index in [4.69, 9.17) is 0 Å². The van der Waals surface area contributed by atoms with Crippen molar-refractivity contribution in [1.29, 1.82) is 0 Å². The minimum Gasteiger partial charge on any atom is -0.347 e. The van der Waals surface area contributed by atoms with Crippen molar-refractivity contribution in [3.8, 4) is 0 Å². The third kappa shape index (κ3) is 3.44. The lowest BCUT2D eigenvalue weighted by molar-refractivity contribution is -0.142. The number of hydrogen-bond donors (Lipinski definition) is 1. The van der Waals surface area contributed by atoms with Crippen LogP contribution in [0.3, 0.4) is 0 Å². The summed E-state index contributed by atoms with van der Waals surface area (Å²) in [6.45, 7) is 1.16. The summed E-state index contributed by atoms with van der Waals surface area (Å²) in [4.78, 5) is 31.4. The number of nitrogens with one attached hydrogen (secondary N) is 1. The lowest BCUT2D eigenvalue weighted by Crippen LogP contribution is -2.57. The maximum absolute atomic E-state index is 13.5. The van der Waals surface area contributed by atoms with Crippen LogP contribution in [0.1, 0.15) is 44.2 Å². The van der Waals surface area contributed by atoms with Gasteiger partial charge in [-0.15, -0.1) is 0 Å². The third-order valence-electron chi connectivity index (χ3n) is 6.61. The van der Waals surface area contributed by atoms with Gasteiger partial charge in [-0.1, -0.05) is 12.5 Å². The highest BCUT2D eigenvalue weighted by molar-refractivity contribution is 5.82. The van der Waals surface area contributed by atoms with Crippen LogP contribution in [-0.4, -0.2) is 46.8 Å². The number of rotatable bonds is 4. The van der Waals surface area contributed by atoms with E-state index in [1.54, 1.807) is 6.20 Å². The largest absolute Gasteiger partial charge is 0.347 e. The number of carbonyl (C=O) groups is 2. The first kappa shape index (κ1) is 18.3. The maximum Gasteiger partial charge on any atom is 0.267 e. The Bertz CT molecular complexity index is 727. The highest BCUT2D eigenvalue weighted by Gasteiger charge is 2.54. The smallest absolute Gasteiger partial charge is 0.267 e. The second kappa shape index (κ2) is 6.84. The van der Waals surface area contributed by atoms with Gasteiger partial charge in [0, 0.05) is 42.7 Å². The molecule has 3 atom stereocenters. The van der Waals surface area contributed by atoms with Crippen molar-refractivity contribution in [3.63, 3.8) is 0 Å². The number of hydrogen-bond acceptors (Lipinski definition) is 3. The van der Waals surface area contributed by atoms with E-state index in [0.717, 1.165) is 25.0 Å². The molecule has 5 nitrogen and oxygen atoms in total. The van der Waals surface area contributed by atoms with E-state index in [0.29, 0.717) is 25.9 Å². The van der Waals surface area contributed by atoms with E-state index < -0.39 is 12.0 Å². The average molecular weight is 377 g/mol. The highest BCUT2D eigenvalue weighted by atomic mass is 19.3. The SMILES string of the molecule is O=C(N[C@@H]1CCC1(F)F)[C@@H]1CCC[C@@]12CCN(C(=O)Cc1ccccn1)C2. The van der Waals surface area contributed by atoms with Crippen molar-refractivity contribution in [2.24, 2.45) is 11.3 Å². The molecule has 7 heteroatoms. The molecule has 2 heterocycles. The van der Waals surface area contributed by atoms with Gasteiger partial charge in [0.2, 0.25) is 11.8 Å². The monoisotopic (exact) mass is 377 g/mol. The molecule has 27 heavy (non-hydrogen) atoms. The Morgan fingerprint density at radius 2 is 2.07 bits per heavy atom. The Hall–Kier alpha value is -2.05. The molecule has 2 saturated carbocycles. The van der Waals surface area contributed by atoms with Gasteiger partial charge in [-0.25, -0.2) is 8.78 Å². The van der Waals surface area contributed by atoms with Crippen LogP contribution in [0.4, 0.5) is 8.78 Å². The summed E-state index contributed by atoms with van der Waals surface area (Å²) in [5.41, 5.74) is 0.472. The number of carbonyl (C=O) groups excluding carboxylic acids is 2. The minimum atomic E-state index is -2.78. The van der Waals surface area contributed by atoms with E-state index in [2.05, 4.69) is 10.3 Å². The molecule has 1 aromatic heterocycles. The molecule has 0 radical (unpaired) electrons. The Balaban J connectivity index is 1.39. The van der Waals surface area contributed by atoms with Gasteiger partial charge in [-0.3, -0.25) is 14.6 Å². The molecule has 3 aliphatic rings. The van der Waals surface area contributed by atoms with Gasteiger partial charge in [0.15, 0.2) is 0 Å². The number of alkyl halides is 2. The predicted molar refractivity (Wildman–Crippen MR) is 95.0 cm³/mol. The number of nitrogens with zero attached hydrogens (tertiary/aromatic N) is 2. The fourth-order valence-corrected chi connectivity index (χ4v) is 4.87. The number of amides is 2. The Kier molecular flexibility index (Phi) is 4.64. The lowest BCUT2D eigenvalue weighted by atomic mass is 9.76. The predicted octanol–water partition coefficient (Wildman–Crippen LogP) is 2.56. The summed E-state index contributed by atoms with van der Waals surface area (Å²) in [5, 5.41) is 2.58. The van der Waals surface area contributed by atoms with Gasteiger partial charge in [0.1, 0.15) is 0 Å². The van der Waals surface area contributed by atoms with Crippen LogP contribution in [0.5, 0.6) is 0 Å². The van der Waals surface area contributed by atoms with E-state index >= 15 is 0 Å². The molecule has 0 bridgehead atoms. The summed E-state index contributed by atoms with van der Waals surface area (Å²) in [6, 6.07) is 4.47. The lowest BCUT2D eigenvalue weighted by Gasteiger charge is -2.39. The third-order valence-corrected chi connectivity index (χ3v) is 6.61. The molecular weight excluding hydrogens is 352 g/mol. The van der Waals surface area contributed by atoms with Crippen molar-refractivity contribution in [1.82, 2.24) is 15.2 Å². The summed E-state index contributed by atoms with van der Waals surface area (Å²) < 4.78 is 27.0. The molecule has 2 aliphatic carbocycles. The van der Waals surface area contributed by atoms with Gasteiger partial charge < -0.3 is 10.2 Å². The summed E-state index contributed by atoms with van der Waals surface area (Å²) in [6.07, 6.45) is 5.37. The van der Waals surface area contributed by atoms with Crippen LogP contribution in [0, 0.1) is 11.3 Å². The molecule has 1 N–H and O–H groups in total.